The van der Waals surface area contributed by atoms with Gasteiger partial charge in [-0.25, -0.2) is 4.57 Å². The molecule has 16 heavy (non-hydrogen) atoms. The van der Waals surface area contributed by atoms with Crippen molar-refractivity contribution >= 4 is 7.82 Å². The Morgan fingerprint density at radius 3 is 2.31 bits per heavy atom. The second-order valence-electron chi connectivity index (χ2n) is 4.03. The summed E-state index contributed by atoms with van der Waals surface area (Å²) in [6, 6.07) is 0. The molecule has 0 aliphatic carbocycles. The smallest absolute Gasteiger partial charge is 0.303 e. The largest absolute Gasteiger partial charge is 0.471 e. The Kier molecular flexibility index (Phi) is 5.79. The molecule has 0 amide bonds. The summed E-state index contributed by atoms with van der Waals surface area (Å²) in [5.74, 6) is 4.92. The molecule has 5 heteroatoms. The van der Waals surface area contributed by atoms with Gasteiger partial charge in [0.15, 0.2) is 5.60 Å². The molecule has 0 aliphatic rings. The Hall–Kier alpha value is -0.770. The zero-order chi connectivity index (χ0) is 12.8. The van der Waals surface area contributed by atoms with E-state index in [9.17, 15) is 4.57 Å². The van der Waals surface area contributed by atoms with E-state index in [0.29, 0.717) is 18.8 Å². The first-order valence-electron chi connectivity index (χ1n) is 4.92. The first-order chi connectivity index (χ1) is 7.24. The van der Waals surface area contributed by atoms with E-state index in [4.69, 9.17) is 22.6 Å². The summed E-state index contributed by atoms with van der Waals surface area (Å²) in [5, 5.41) is 0. The molecular weight excluding hydrogens is 227 g/mol. The Balaban J connectivity index is 4.81. The number of terminal acetylenes is 2. The summed E-state index contributed by atoms with van der Waals surface area (Å²) in [6.07, 6.45) is 11.4. The number of hydrogen-bond acceptors (Lipinski definition) is 2. The summed E-state index contributed by atoms with van der Waals surface area (Å²) in [4.78, 5) is 17.6. The molecule has 0 saturated heterocycles. The maximum absolute atomic E-state index is 10.8. The van der Waals surface area contributed by atoms with Gasteiger partial charge in [0.05, 0.1) is 0 Å². The fourth-order valence-electron chi connectivity index (χ4n) is 1.23. The summed E-state index contributed by atoms with van der Waals surface area (Å²) >= 11 is 0. The molecule has 4 nitrogen and oxygen atoms in total. The number of phosphoric acid groups is 1. The van der Waals surface area contributed by atoms with Gasteiger partial charge in [-0.3, -0.25) is 4.52 Å². The molecule has 2 N–H and O–H groups in total. The van der Waals surface area contributed by atoms with E-state index >= 15 is 0 Å². The third-order valence-corrected chi connectivity index (χ3v) is 2.66. The molecule has 0 heterocycles. The molecular formula is C11H17O4P. The van der Waals surface area contributed by atoms with Crippen LogP contribution < -0.4 is 0 Å². The third-order valence-electron chi connectivity index (χ3n) is 2.07. The van der Waals surface area contributed by atoms with Crippen molar-refractivity contribution in [3.05, 3.63) is 0 Å². The van der Waals surface area contributed by atoms with Crippen LogP contribution in [0.2, 0.25) is 0 Å². The van der Waals surface area contributed by atoms with Crippen molar-refractivity contribution in [1.82, 2.24) is 0 Å². The molecule has 0 aromatic heterocycles. The van der Waals surface area contributed by atoms with Crippen molar-refractivity contribution in [2.24, 2.45) is 5.92 Å². The average Bonchev–Trinajstić information content (AvgIpc) is 2.12. The molecule has 0 saturated carbocycles. The van der Waals surface area contributed by atoms with Crippen LogP contribution in [0.1, 0.15) is 33.1 Å². The molecule has 0 spiro atoms. The maximum Gasteiger partial charge on any atom is 0.471 e. The van der Waals surface area contributed by atoms with Gasteiger partial charge in [-0.05, 0) is 18.8 Å². The van der Waals surface area contributed by atoms with Crippen LogP contribution >= 0.6 is 7.82 Å². The van der Waals surface area contributed by atoms with Crippen LogP contribution in [0.4, 0.5) is 0 Å². The van der Waals surface area contributed by atoms with Gasteiger partial charge in [-0.15, -0.1) is 18.8 Å². The molecule has 0 fully saturated rings. The standard InChI is InChI=1S/C11H17O4P/c1-5-8-11(6-2,9-7-10(3)4)15-16(12,13)14/h1-2,10H,7-9H2,3-4H3,(H2,12,13,14). The Morgan fingerprint density at radius 1 is 1.44 bits per heavy atom. The molecule has 0 aromatic rings. The van der Waals surface area contributed by atoms with Gasteiger partial charge < -0.3 is 9.79 Å². The summed E-state index contributed by atoms with van der Waals surface area (Å²) in [7, 11) is -4.63. The van der Waals surface area contributed by atoms with E-state index in [1.807, 2.05) is 13.8 Å². The SMILES string of the molecule is C#CCC(C#C)(CCC(C)C)OP(=O)(O)O. The normalized spacial score (nSPS) is 15.2. The molecule has 0 bridgehead atoms. The van der Waals surface area contributed by atoms with Gasteiger partial charge in [0.1, 0.15) is 0 Å². The lowest BCUT2D eigenvalue weighted by molar-refractivity contribution is 0.0736. The topological polar surface area (TPSA) is 66.8 Å². The van der Waals surface area contributed by atoms with Gasteiger partial charge in [-0.1, -0.05) is 19.8 Å². The van der Waals surface area contributed by atoms with Crippen LogP contribution in [0.3, 0.4) is 0 Å². The van der Waals surface area contributed by atoms with E-state index in [0.717, 1.165) is 0 Å². The molecule has 1 unspecified atom stereocenters. The van der Waals surface area contributed by atoms with E-state index in [2.05, 4.69) is 16.4 Å². The first kappa shape index (κ1) is 15.2. The Morgan fingerprint density at radius 2 is 2.00 bits per heavy atom. The predicted octanol–water partition coefficient (Wildman–Crippen LogP) is 1.93. The predicted molar refractivity (Wildman–Crippen MR) is 62.2 cm³/mol. The third kappa shape index (κ3) is 5.95. The van der Waals surface area contributed by atoms with Crippen LogP contribution in [-0.4, -0.2) is 15.4 Å². The minimum atomic E-state index is -4.63. The molecule has 0 aromatic carbocycles. The van der Waals surface area contributed by atoms with Gasteiger partial charge >= 0.3 is 7.82 Å². The second-order valence-corrected chi connectivity index (χ2v) is 5.20. The van der Waals surface area contributed by atoms with Crippen LogP contribution in [0.25, 0.3) is 0 Å². The van der Waals surface area contributed by atoms with Gasteiger partial charge in [0.2, 0.25) is 0 Å². The van der Waals surface area contributed by atoms with Crippen molar-refractivity contribution in [1.29, 1.82) is 0 Å². The van der Waals surface area contributed by atoms with Crippen molar-refractivity contribution in [3.63, 3.8) is 0 Å². The van der Waals surface area contributed by atoms with Crippen molar-refractivity contribution in [2.45, 2.75) is 38.7 Å². The lowest BCUT2D eigenvalue weighted by Crippen LogP contribution is -2.29. The molecule has 0 aliphatic heterocycles. The highest BCUT2D eigenvalue weighted by atomic mass is 31.2. The van der Waals surface area contributed by atoms with Crippen molar-refractivity contribution < 1.29 is 18.9 Å². The van der Waals surface area contributed by atoms with Gasteiger partial charge in [-0.2, -0.15) is 0 Å². The highest BCUT2D eigenvalue weighted by molar-refractivity contribution is 7.46. The molecule has 1 atom stereocenters. The van der Waals surface area contributed by atoms with Crippen LogP contribution in [-0.2, 0) is 9.09 Å². The second kappa shape index (κ2) is 6.09. The lowest BCUT2D eigenvalue weighted by Gasteiger charge is -2.27. The first-order valence-corrected chi connectivity index (χ1v) is 6.45. The number of rotatable bonds is 6. The molecule has 0 rings (SSSR count). The molecule has 0 radical (unpaired) electrons. The van der Waals surface area contributed by atoms with E-state index < -0.39 is 13.4 Å². The monoisotopic (exact) mass is 244 g/mol. The van der Waals surface area contributed by atoms with Crippen LogP contribution in [0.5, 0.6) is 0 Å². The van der Waals surface area contributed by atoms with Gasteiger partial charge in [0.25, 0.3) is 0 Å². The average molecular weight is 244 g/mol. The number of phosphoric ester groups is 1. The maximum atomic E-state index is 10.8. The highest BCUT2D eigenvalue weighted by Gasteiger charge is 2.35. The quantitative estimate of drug-likeness (QED) is 0.553. The Bertz CT molecular complexity index is 344. The van der Waals surface area contributed by atoms with Crippen LogP contribution in [0, 0.1) is 30.6 Å². The lowest BCUT2D eigenvalue weighted by atomic mass is 9.92. The highest BCUT2D eigenvalue weighted by Crippen LogP contribution is 2.44. The zero-order valence-corrected chi connectivity index (χ0v) is 10.4. The minimum absolute atomic E-state index is 0.0126. The molecule has 90 valence electrons. The number of hydrogen-bond donors (Lipinski definition) is 2. The van der Waals surface area contributed by atoms with E-state index in [-0.39, 0.29) is 6.42 Å². The van der Waals surface area contributed by atoms with E-state index in [1.54, 1.807) is 0 Å². The van der Waals surface area contributed by atoms with Gasteiger partial charge in [0, 0.05) is 6.42 Å². The summed E-state index contributed by atoms with van der Waals surface area (Å²) < 4.78 is 15.5. The summed E-state index contributed by atoms with van der Waals surface area (Å²) in [6.45, 7) is 3.96. The fraction of sp³-hybridized carbons (Fsp3) is 0.636. The summed E-state index contributed by atoms with van der Waals surface area (Å²) in [5.41, 5.74) is -1.36. The van der Waals surface area contributed by atoms with Crippen molar-refractivity contribution in [2.75, 3.05) is 0 Å². The fourth-order valence-corrected chi connectivity index (χ4v) is 1.89. The zero-order valence-electron chi connectivity index (χ0n) is 9.51. The van der Waals surface area contributed by atoms with E-state index in [1.165, 1.54) is 0 Å². The minimum Gasteiger partial charge on any atom is -0.303 e. The van der Waals surface area contributed by atoms with Crippen molar-refractivity contribution in [3.8, 4) is 24.7 Å². The Labute approximate surface area is 96.6 Å². The van der Waals surface area contributed by atoms with Crippen LogP contribution in [0.15, 0.2) is 0 Å².